The van der Waals surface area contributed by atoms with Gasteiger partial charge in [-0.3, -0.25) is 0 Å². The van der Waals surface area contributed by atoms with E-state index < -0.39 is 0 Å². The standard InChI is InChI=1S/C17H19BrClNO2/c1-11(2)22-17-9-15(19)12(8-16(17)21-3)10-20-14-6-4-13(18)5-7-14/h4-9,11,20H,10H2,1-3H3. The molecule has 0 aromatic heterocycles. The van der Waals surface area contributed by atoms with E-state index in [0.717, 1.165) is 15.7 Å². The molecule has 0 aliphatic rings. The number of rotatable bonds is 6. The summed E-state index contributed by atoms with van der Waals surface area (Å²) in [7, 11) is 1.63. The fourth-order valence-corrected chi connectivity index (χ4v) is 2.47. The predicted octanol–water partition coefficient (Wildman–Crippen LogP) is 5.51. The van der Waals surface area contributed by atoms with Gasteiger partial charge >= 0.3 is 0 Å². The highest BCUT2D eigenvalue weighted by molar-refractivity contribution is 9.10. The van der Waals surface area contributed by atoms with Crippen molar-refractivity contribution in [2.45, 2.75) is 26.5 Å². The number of nitrogens with one attached hydrogen (secondary N) is 1. The summed E-state index contributed by atoms with van der Waals surface area (Å²) in [6, 6.07) is 11.7. The zero-order valence-electron chi connectivity index (χ0n) is 12.8. The molecular formula is C17H19BrClNO2. The molecule has 2 rings (SSSR count). The molecule has 0 bridgehead atoms. The number of halogens is 2. The minimum absolute atomic E-state index is 0.0664. The molecule has 0 saturated heterocycles. The van der Waals surface area contributed by atoms with Gasteiger partial charge in [-0.25, -0.2) is 0 Å². The van der Waals surface area contributed by atoms with Gasteiger partial charge in [0.05, 0.1) is 13.2 Å². The minimum Gasteiger partial charge on any atom is -0.493 e. The maximum atomic E-state index is 6.35. The van der Waals surface area contributed by atoms with Crippen molar-refractivity contribution in [3.63, 3.8) is 0 Å². The lowest BCUT2D eigenvalue weighted by Crippen LogP contribution is -2.08. The zero-order valence-corrected chi connectivity index (χ0v) is 15.2. The summed E-state index contributed by atoms with van der Waals surface area (Å²) in [6.45, 7) is 4.55. The summed E-state index contributed by atoms with van der Waals surface area (Å²) in [5.74, 6) is 1.35. The fraction of sp³-hybridized carbons (Fsp3) is 0.294. The van der Waals surface area contributed by atoms with E-state index >= 15 is 0 Å². The van der Waals surface area contributed by atoms with E-state index in [1.54, 1.807) is 13.2 Å². The molecule has 22 heavy (non-hydrogen) atoms. The first-order valence-electron chi connectivity index (χ1n) is 7.02. The van der Waals surface area contributed by atoms with Crippen molar-refractivity contribution < 1.29 is 9.47 Å². The van der Waals surface area contributed by atoms with Crippen molar-refractivity contribution in [2.75, 3.05) is 12.4 Å². The molecule has 5 heteroatoms. The second-order valence-corrected chi connectivity index (χ2v) is 6.44. The van der Waals surface area contributed by atoms with Crippen molar-refractivity contribution in [3.8, 4) is 11.5 Å². The lowest BCUT2D eigenvalue weighted by Gasteiger charge is -2.16. The van der Waals surface area contributed by atoms with Gasteiger partial charge in [-0.1, -0.05) is 27.5 Å². The Kier molecular flexibility index (Phi) is 5.98. The second kappa shape index (κ2) is 7.75. The number of anilines is 1. The van der Waals surface area contributed by atoms with Gasteiger partial charge in [0, 0.05) is 27.8 Å². The predicted molar refractivity (Wildman–Crippen MR) is 95.2 cm³/mol. The van der Waals surface area contributed by atoms with Crippen LogP contribution in [0.4, 0.5) is 5.69 Å². The molecule has 0 spiro atoms. The molecule has 3 nitrogen and oxygen atoms in total. The molecule has 0 aliphatic carbocycles. The summed E-state index contributed by atoms with van der Waals surface area (Å²) in [5.41, 5.74) is 1.98. The second-order valence-electron chi connectivity index (χ2n) is 5.12. The van der Waals surface area contributed by atoms with Gasteiger partial charge < -0.3 is 14.8 Å². The largest absolute Gasteiger partial charge is 0.493 e. The lowest BCUT2D eigenvalue weighted by molar-refractivity contribution is 0.230. The Bertz CT molecular complexity index is 629. The molecule has 0 unspecified atom stereocenters. The first-order chi connectivity index (χ1) is 10.5. The van der Waals surface area contributed by atoms with E-state index in [1.165, 1.54) is 0 Å². The molecule has 2 aromatic rings. The monoisotopic (exact) mass is 383 g/mol. The molecule has 0 saturated carbocycles. The molecule has 0 amide bonds. The van der Waals surface area contributed by atoms with Crippen LogP contribution in [0.25, 0.3) is 0 Å². The van der Waals surface area contributed by atoms with Crippen LogP contribution < -0.4 is 14.8 Å². The van der Waals surface area contributed by atoms with Crippen LogP contribution in [-0.2, 0) is 6.54 Å². The maximum Gasteiger partial charge on any atom is 0.163 e. The number of ether oxygens (including phenoxy) is 2. The maximum absolute atomic E-state index is 6.35. The highest BCUT2D eigenvalue weighted by atomic mass is 79.9. The molecule has 0 atom stereocenters. The summed E-state index contributed by atoms with van der Waals surface area (Å²) in [5, 5.41) is 3.99. The highest BCUT2D eigenvalue weighted by Gasteiger charge is 2.11. The van der Waals surface area contributed by atoms with Crippen LogP contribution in [0.3, 0.4) is 0 Å². The smallest absolute Gasteiger partial charge is 0.163 e. The van der Waals surface area contributed by atoms with Crippen molar-refractivity contribution in [3.05, 3.63) is 51.5 Å². The minimum atomic E-state index is 0.0664. The number of methoxy groups -OCH3 is 1. The summed E-state index contributed by atoms with van der Waals surface area (Å²) >= 11 is 9.77. The van der Waals surface area contributed by atoms with Crippen LogP contribution in [0.5, 0.6) is 11.5 Å². The number of benzene rings is 2. The van der Waals surface area contributed by atoms with Gasteiger partial charge in [-0.15, -0.1) is 0 Å². The van der Waals surface area contributed by atoms with Crippen molar-refractivity contribution in [2.24, 2.45) is 0 Å². The molecular weight excluding hydrogens is 366 g/mol. The van der Waals surface area contributed by atoms with Crippen LogP contribution >= 0.6 is 27.5 Å². The van der Waals surface area contributed by atoms with Crippen LogP contribution in [-0.4, -0.2) is 13.2 Å². The van der Waals surface area contributed by atoms with E-state index in [4.69, 9.17) is 21.1 Å². The Labute approximate surface area is 144 Å². The third-order valence-corrected chi connectivity index (χ3v) is 3.90. The van der Waals surface area contributed by atoms with Gasteiger partial charge in [-0.05, 0) is 49.7 Å². The van der Waals surface area contributed by atoms with Crippen molar-refractivity contribution in [1.82, 2.24) is 0 Å². The third kappa shape index (κ3) is 4.55. The highest BCUT2D eigenvalue weighted by Crippen LogP contribution is 2.34. The molecule has 0 fully saturated rings. The first kappa shape index (κ1) is 17.0. The van der Waals surface area contributed by atoms with Gasteiger partial charge in [0.2, 0.25) is 0 Å². The summed E-state index contributed by atoms with van der Waals surface area (Å²) in [6.07, 6.45) is 0.0664. The Morgan fingerprint density at radius 2 is 1.82 bits per heavy atom. The molecule has 118 valence electrons. The van der Waals surface area contributed by atoms with Gasteiger partial charge in [0.25, 0.3) is 0 Å². The van der Waals surface area contributed by atoms with E-state index in [1.807, 2.05) is 44.2 Å². The number of hydrogen-bond donors (Lipinski definition) is 1. The molecule has 2 aromatic carbocycles. The van der Waals surface area contributed by atoms with Crippen molar-refractivity contribution in [1.29, 1.82) is 0 Å². The summed E-state index contributed by atoms with van der Waals surface area (Å²) < 4.78 is 12.2. The van der Waals surface area contributed by atoms with E-state index in [-0.39, 0.29) is 6.10 Å². The van der Waals surface area contributed by atoms with Gasteiger partial charge in [0.15, 0.2) is 11.5 Å². The molecule has 1 N–H and O–H groups in total. The van der Waals surface area contributed by atoms with Gasteiger partial charge in [0.1, 0.15) is 0 Å². The van der Waals surface area contributed by atoms with E-state index in [0.29, 0.717) is 23.1 Å². The van der Waals surface area contributed by atoms with E-state index in [2.05, 4.69) is 21.2 Å². The average molecular weight is 385 g/mol. The Morgan fingerprint density at radius 3 is 2.41 bits per heavy atom. The van der Waals surface area contributed by atoms with Crippen LogP contribution in [0, 0.1) is 0 Å². The quantitative estimate of drug-likeness (QED) is 0.712. The van der Waals surface area contributed by atoms with Crippen LogP contribution in [0.1, 0.15) is 19.4 Å². The zero-order chi connectivity index (χ0) is 16.1. The van der Waals surface area contributed by atoms with Crippen LogP contribution in [0.15, 0.2) is 40.9 Å². The van der Waals surface area contributed by atoms with Gasteiger partial charge in [-0.2, -0.15) is 0 Å². The molecule has 0 heterocycles. The fourth-order valence-electron chi connectivity index (χ4n) is 1.98. The Balaban J connectivity index is 2.15. The molecule has 0 aliphatic heterocycles. The number of hydrogen-bond acceptors (Lipinski definition) is 3. The average Bonchev–Trinajstić information content (AvgIpc) is 2.47. The van der Waals surface area contributed by atoms with Crippen molar-refractivity contribution >= 4 is 33.2 Å². The first-order valence-corrected chi connectivity index (χ1v) is 8.19. The molecule has 0 radical (unpaired) electrons. The van der Waals surface area contributed by atoms with E-state index in [9.17, 15) is 0 Å². The topological polar surface area (TPSA) is 30.5 Å². The summed E-state index contributed by atoms with van der Waals surface area (Å²) in [4.78, 5) is 0. The Hall–Kier alpha value is -1.39. The third-order valence-electron chi connectivity index (χ3n) is 3.02. The SMILES string of the molecule is COc1cc(CNc2ccc(Br)cc2)c(Cl)cc1OC(C)C. The van der Waals surface area contributed by atoms with Crippen LogP contribution in [0.2, 0.25) is 5.02 Å². The lowest BCUT2D eigenvalue weighted by atomic mass is 10.2. The normalized spacial score (nSPS) is 10.6. The Morgan fingerprint density at radius 1 is 1.14 bits per heavy atom.